The lowest BCUT2D eigenvalue weighted by Gasteiger charge is -2.11. The van der Waals surface area contributed by atoms with Gasteiger partial charge in [-0.05, 0) is 43.4 Å². The van der Waals surface area contributed by atoms with Gasteiger partial charge in [-0.15, -0.1) is 0 Å². The van der Waals surface area contributed by atoms with Crippen LogP contribution in [0.3, 0.4) is 0 Å². The molecule has 0 unspecified atom stereocenters. The Morgan fingerprint density at radius 3 is 2.48 bits per heavy atom. The molecule has 2 rings (SSSR count). The third-order valence-corrected chi connectivity index (χ3v) is 3.33. The first-order valence-corrected chi connectivity index (χ1v) is 7.23. The second-order valence-electron chi connectivity index (χ2n) is 5.15. The highest BCUT2D eigenvalue weighted by atomic mass is 35.5. The van der Waals surface area contributed by atoms with E-state index in [0.29, 0.717) is 17.1 Å². The molecule has 0 heterocycles. The molecular formula is C17H19ClN2O. The number of halogens is 1. The largest absolute Gasteiger partial charge is 0.351 e. The molecule has 0 aliphatic carbocycles. The molecule has 2 aromatic rings. The smallest absolute Gasteiger partial charge is 0.251 e. The van der Waals surface area contributed by atoms with Crippen molar-refractivity contribution in [2.24, 2.45) is 0 Å². The number of hydrogen-bond acceptors (Lipinski definition) is 2. The Hall–Kier alpha value is -1.84. The molecule has 21 heavy (non-hydrogen) atoms. The van der Waals surface area contributed by atoms with Gasteiger partial charge < -0.3 is 10.2 Å². The SMILES string of the molecule is CN(C)CCNC(=O)c1cc(Cl)cc(-c2ccccc2)c1. The molecule has 0 saturated carbocycles. The Kier molecular flexibility index (Phi) is 5.37. The van der Waals surface area contributed by atoms with Gasteiger partial charge in [0, 0.05) is 23.7 Å². The molecule has 1 amide bonds. The molecule has 110 valence electrons. The summed E-state index contributed by atoms with van der Waals surface area (Å²) in [6.07, 6.45) is 0. The fourth-order valence-electron chi connectivity index (χ4n) is 2.01. The lowest BCUT2D eigenvalue weighted by atomic mass is 10.0. The normalized spacial score (nSPS) is 10.7. The van der Waals surface area contributed by atoms with E-state index >= 15 is 0 Å². The van der Waals surface area contributed by atoms with E-state index < -0.39 is 0 Å². The van der Waals surface area contributed by atoms with Crippen molar-refractivity contribution in [3.63, 3.8) is 0 Å². The molecular weight excluding hydrogens is 284 g/mol. The summed E-state index contributed by atoms with van der Waals surface area (Å²) < 4.78 is 0. The van der Waals surface area contributed by atoms with Crippen LogP contribution in [0, 0.1) is 0 Å². The predicted octanol–water partition coefficient (Wildman–Crippen LogP) is 3.30. The molecule has 3 nitrogen and oxygen atoms in total. The van der Waals surface area contributed by atoms with E-state index in [1.165, 1.54) is 0 Å². The minimum atomic E-state index is -0.100. The van der Waals surface area contributed by atoms with Crippen molar-refractivity contribution in [3.05, 3.63) is 59.1 Å². The number of carbonyl (C=O) groups excluding carboxylic acids is 1. The highest BCUT2D eigenvalue weighted by molar-refractivity contribution is 6.31. The minimum Gasteiger partial charge on any atom is -0.351 e. The second-order valence-corrected chi connectivity index (χ2v) is 5.59. The molecule has 0 saturated heterocycles. The summed E-state index contributed by atoms with van der Waals surface area (Å²) in [6.45, 7) is 1.41. The Bertz CT molecular complexity index is 611. The topological polar surface area (TPSA) is 32.3 Å². The summed E-state index contributed by atoms with van der Waals surface area (Å²) in [7, 11) is 3.94. The predicted molar refractivity (Wildman–Crippen MR) is 87.8 cm³/mol. The number of nitrogens with zero attached hydrogens (tertiary/aromatic N) is 1. The van der Waals surface area contributed by atoms with Gasteiger partial charge >= 0.3 is 0 Å². The molecule has 0 spiro atoms. The van der Waals surface area contributed by atoms with Crippen LogP contribution in [0.4, 0.5) is 0 Å². The van der Waals surface area contributed by atoms with E-state index in [-0.39, 0.29) is 5.91 Å². The van der Waals surface area contributed by atoms with E-state index in [1.807, 2.05) is 61.5 Å². The number of nitrogens with one attached hydrogen (secondary N) is 1. The Morgan fingerprint density at radius 2 is 1.81 bits per heavy atom. The summed E-state index contributed by atoms with van der Waals surface area (Å²) in [5, 5.41) is 3.46. The monoisotopic (exact) mass is 302 g/mol. The van der Waals surface area contributed by atoms with Gasteiger partial charge in [0.15, 0.2) is 0 Å². The number of carbonyl (C=O) groups is 1. The molecule has 0 atom stereocenters. The zero-order valence-electron chi connectivity index (χ0n) is 12.3. The molecule has 1 N–H and O–H groups in total. The second kappa shape index (κ2) is 7.25. The van der Waals surface area contributed by atoms with Gasteiger partial charge in [-0.1, -0.05) is 41.9 Å². The van der Waals surface area contributed by atoms with Crippen molar-refractivity contribution in [2.75, 3.05) is 27.2 Å². The first-order chi connectivity index (χ1) is 10.1. The molecule has 0 aliphatic rings. The maximum atomic E-state index is 12.2. The molecule has 0 aliphatic heterocycles. The third-order valence-electron chi connectivity index (χ3n) is 3.11. The zero-order chi connectivity index (χ0) is 15.2. The van der Waals surface area contributed by atoms with Gasteiger partial charge in [0.1, 0.15) is 0 Å². The average Bonchev–Trinajstić information content (AvgIpc) is 2.47. The Balaban J connectivity index is 2.17. The number of amides is 1. The van der Waals surface area contributed by atoms with Crippen LogP contribution in [0.15, 0.2) is 48.5 Å². The Labute approximate surface area is 130 Å². The van der Waals surface area contributed by atoms with Crippen molar-refractivity contribution in [3.8, 4) is 11.1 Å². The van der Waals surface area contributed by atoms with Crippen LogP contribution in [0.5, 0.6) is 0 Å². The first kappa shape index (κ1) is 15.5. The van der Waals surface area contributed by atoms with Crippen LogP contribution >= 0.6 is 11.6 Å². The Morgan fingerprint density at radius 1 is 1.10 bits per heavy atom. The van der Waals surface area contributed by atoms with Crippen LogP contribution in [0.25, 0.3) is 11.1 Å². The summed E-state index contributed by atoms with van der Waals surface area (Å²) in [6, 6.07) is 15.3. The number of hydrogen-bond donors (Lipinski definition) is 1. The summed E-state index contributed by atoms with van der Waals surface area (Å²) in [5.74, 6) is -0.100. The third kappa shape index (κ3) is 4.59. The summed E-state index contributed by atoms with van der Waals surface area (Å²) in [4.78, 5) is 14.2. The number of rotatable bonds is 5. The van der Waals surface area contributed by atoms with Crippen molar-refractivity contribution in [1.82, 2.24) is 10.2 Å². The van der Waals surface area contributed by atoms with Crippen LogP contribution in [-0.2, 0) is 0 Å². The van der Waals surface area contributed by atoms with E-state index in [0.717, 1.165) is 17.7 Å². The van der Waals surface area contributed by atoms with Crippen molar-refractivity contribution in [2.45, 2.75) is 0 Å². The fraction of sp³-hybridized carbons (Fsp3) is 0.235. The zero-order valence-corrected chi connectivity index (χ0v) is 13.0. The van der Waals surface area contributed by atoms with Gasteiger partial charge in [-0.25, -0.2) is 0 Å². The number of likely N-dealkylation sites (N-methyl/N-ethyl adjacent to an activating group) is 1. The lowest BCUT2D eigenvalue weighted by Crippen LogP contribution is -2.31. The van der Waals surface area contributed by atoms with E-state index in [9.17, 15) is 4.79 Å². The van der Waals surface area contributed by atoms with Gasteiger partial charge in [-0.2, -0.15) is 0 Å². The lowest BCUT2D eigenvalue weighted by molar-refractivity contribution is 0.0951. The average molecular weight is 303 g/mol. The maximum absolute atomic E-state index is 12.2. The van der Waals surface area contributed by atoms with Gasteiger partial charge in [-0.3, -0.25) is 4.79 Å². The standard InChI is InChI=1S/C17H19ClN2O/c1-20(2)9-8-19-17(21)15-10-14(11-16(18)12-15)13-6-4-3-5-7-13/h3-7,10-12H,8-9H2,1-2H3,(H,19,21). The summed E-state index contributed by atoms with van der Waals surface area (Å²) in [5.41, 5.74) is 2.57. The van der Waals surface area contributed by atoms with Gasteiger partial charge in [0.2, 0.25) is 0 Å². The van der Waals surface area contributed by atoms with E-state index in [1.54, 1.807) is 6.07 Å². The minimum absolute atomic E-state index is 0.100. The number of benzene rings is 2. The highest BCUT2D eigenvalue weighted by Crippen LogP contribution is 2.24. The van der Waals surface area contributed by atoms with Gasteiger partial charge in [0.05, 0.1) is 0 Å². The highest BCUT2D eigenvalue weighted by Gasteiger charge is 2.09. The summed E-state index contributed by atoms with van der Waals surface area (Å²) >= 11 is 6.14. The molecule has 4 heteroatoms. The van der Waals surface area contributed by atoms with Crippen LogP contribution in [0.2, 0.25) is 5.02 Å². The quantitative estimate of drug-likeness (QED) is 0.919. The first-order valence-electron chi connectivity index (χ1n) is 6.85. The maximum Gasteiger partial charge on any atom is 0.251 e. The van der Waals surface area contributed by atoms with E-state index in [2.05, 4.69) is 5.32 Å². The van der Waals surface area contributed by atoms with Crippen molar-refractivity contribution < 1.29 is 4.79 Å². The van der Waals surface area contributed by atoms with Crippen LogP contribution in [0.1, 0.15) is 10.4 Å². The van der Waals surface area contributed by atoms with E-state index in [4.69, 9.17) is 11.6 Å². The molecule has 0 radical (unpaired) electrons. The molecule has 0 bridgehead atoms. The molecule has 2 aromatic carbocycles. The van der Waals surface area contributed by atoms with Gasteiger partial charge in [0.25, 0.3) is 5.91 Å². The van der Waals surface area contributed by atoms with Crippen LogP contribution in [-0.4, -0.2) is 38.0 Å². The van der Waals surface area contributed by atoms with Crippen molar-refractivity contribution in [1.29, 1.82) is 0 Å². The molecule has 0 aromatic heterocycles. The van der Waals surface area contributed by atoms with Crippen molar-refractivity contribution >= 4 is 17.5 Å². The molecule has 0 fully saturated rings. The van der Waals surface area contributed by atoms with Crippen LogP contribution < -0.4 is 5.32 Å². The fourth-order valence-corrected chi connectivity index (χ4v) is 2.25.